The highest BCUT2D eigenvalue weighted by molar-refractivity contribution is 5.95. The van der Waals surface area contributed by atoms with E-state index in [1.807, 2.05) is 24.3 Å². The van der Waals surface area contributed by atoms with Crippen LogP contribution in [-0.2, 0) is 6.42 Å². The molecule has 1 amide bonds. The van der Waals surface area contributed by atoms with Crippen LogP contribution in [0.3, 0.4) is 0 Å². The Labute approximate surface area is 164 Å². The molecule has 0 unspecified atom stereocenters. The molecule has 2 aromatic rings. The normalized spacial score (nSPS) is 18.6. The van der Waals surface area contributed by atoms with Gasteiger partial charge in [0.15, 0.2) is 0 Å². The monoisotopic (exact) mass is 394 g/mol. The van der Waals surface area contributed by atoms with E-state index in [1.54, 1.807) is 0 Å². The Balaban J connectivity index is 0.00000261. The summed E-state index contributed by atoms with van der Waals surface area (Å²) in [6.07, 6.45) is 2.40. The molecular formula is C20H24ClFN2O3. The number of aliphatic hydroxyl groups excluding tert-OH is 1. The van der Waals surface area contributed by atoms with Crippen molar-refractivity contribution in [2.75, 3.05) is 6.54 Å². The van der Waals surface area contributed by atoms with Crippen LogP contribution >= 0.6 is 12.4 Å². The summed E-state index contributed by atoms with van der Waals surface area (Å²) in [7, 11) is 0. The summed E-state index contributed by atoms with van der Waals surface area (Å²) in [6, 6.07) is 11.2. The van der Waals surface area contributed by atoms with Crippen LogP contribution < -0.4 is 15.8 Å². The van der Waals surface area contributed by atoms with Crippen LogP contribution in [0, 0.1) is 5.82 Å². The quantitative estimate of drug-likeness (QED) is 0.702. The maximum Gasteiger partial charge on any atom is 0.254 e. The number of amides is 1. The molecule has 0 saturated heterocycles. The van der Waals surface area contributed by atoms with Crippen LogP contribution in [-0.4, -0.2) is 29.7 Å². The Hall–Kier alpha value is -2.15. The standard InChI is InChI=1S/C20H23FN2O3.ClH/c21-17-9-8-15(26-14-6-4-13(5-7-14)10-11-22)12-16(17)20(25)23-18-2-1-3-19(18)24;/h4-9,12,18-19,24H,1-3,10-11,22H2,(H,23,25);1H/t18-,19-;/m0./s1. The average molecular weight is 395 g/mol. The molecule has 0 aromatic heterocycles. The molecule has 27 heavy (non-hydrogen) atoms. The molecule has 3 rings (SSSR count). The number of halogens is 2. The number of nitrogens with two attached hydrogens (primary N) is 1. The van der Waals surface area contributed by atoms with E-state index in [9.17, 15) is 14.3 Å². The van der Waals surface area contributed by atoms with Gasteiger partial charge in [-0.1, -0.05) is 12.1 Å². The molecule has 4 N–H and O–H groups in total. The Morgan fingerprint density at radius 1 is 1.19 bits per heavy atom. The maximum absolute atomic E-state index is 14.1. The van der Waals surface area contributed by atoms with E-state index in [1.165, 1.54) is 18.2 Å². The van der Waals surface area contributed by atoms with E-state index < -0.39 is 17.8 Å². The molecule has 5 nitrogen and oxygen atoms in total. The predicted molar refractivity (Wildman–Crippen MR) is 104 cm³/mol. The second kappa shape index (κ2) is 9.69. The number of hydrogen-bond donors (Lipinski definition) is 3. The maximum atomic E-state index is 14.1. The van der Waals surface area contributed by atoms with Crippen LogP contribution in [0.1, 0.15) is 35.2 Å². The van der Waals surface area contributed by atoms with Crippen LogP contribution in [0.25, 0.3) is 0 Å². The highest BCUT2D eigenvalue weighted by Crippen LogP contribution is 2.25. The minimum Gasteiger partial charge on any atom is -0.457 e. The first-order valence-electron chi connectivity index (χ1n) is 8.82. The number of benzene rings is 2. The smallest absolute Gasteiger partial charge is 0.254 e. The lowest BCUT2D eigenvalue weighted by Gasteiger charge is -2.17. The topological polar surface area (TPSA) is 84.6 Å². The van der Waals surface area contributed by atoms with Crippen molar-refractivity contribution in [3.05, 3.63) is 59.4 Å². The first kappa shape index (κ1) is 21.2. The van der Waals surface area contributed by atoms with Crippen molar-refractivity contribution in [3.8, 4) is 11.5 Å². The zero-order chi connectivity index (χ0) is 18.5. The summed E-state index contributed by atoms with van der Waals surface area (Å²) < 4.78 is 19.8. The minimum absolute atomic E-state index is 0. The Kier molecular flexibility index (Phi) is 7.59. The van der Waals surface area contributed by atoms with Gasteiger partial charge in [-0.05, 0) is 68.1 Å². The molecule has 7 heteroatoms. The zero-order valence-electron chi connectivity index (χ0n) is 14.9. The van der Waals surface area contributed by atoms with Gasteiger partial charge in [-0.25, -0.2) is 4.39 Å². The summed E-state index contributed by atoms with van der Waals surface area (Å²) in [6.45, 7) is 0.576. The summed E-state index contributed by atoms with van der Waals surface area (Å²) in [4.78, 5) is 12.4. The van der Waals surface area contributed by atoms with E-state index >= 15 is 0 Å². The van der Waals surface area contributed by atoms with E-state index in [4.69, 9.17) is 10.5 Å². The number of aliphatic hydroxyl groups is 1. The first-order chi connectivity index (χ1) is 12.6. The zero-order valence-corrected chi connectivity index (χ0v) is 15.7. The van der Waals surface area contributed by atoms with Gasteiger partial charge in [0.1, 0.15) is 17.3 Å². The number of carbonyl (C=O) groups excluding carboxylic acids is 1. The van der Waals surface area contributed by atoms with Gasteiger partial charge in [-0.3, -0.25) is 4.79 Å². The largest absolute Gasteiger partial charge is 0.457 e. The average Bonchev–Trinajstić information content (AvgIpc) is 3.03. The van der Waals surface area contributed by atoms with E-state index in [-0.39, 0.29) is 24.0 Å². The molecule has 0 heterocycles. The van der Waals surface area contributed by atoms with Crippen molar-refractivity contribution in [1.29, 1.82) is 0 Å². The molecule has 0 bridgehead atoms. The fourth-order valence-corrected chi connectivity index (χ4v) is 3.12. The van der Waals surface area contributed by atoms with Gasteiger partial charge in [0.05, 0.1) is 17.7 Å². The van der Waals surface area contributed by atoms with Crippen LogP contribution in [0.4, 0.5) is 4.39 Å². The number of hydrogen-bond acceptors (Lipinski definition) is 4. The van der Waals surface area contributed by atoms with Gasteiger partial charge in [0.2, 0.25) is 0 Å². The van der Waals surface area contributed by atoms with Gasteiger partial charge in [-0.2, -0.15) is 0 Å². The van der Waals surface area contributed by atoms with Crippen molar-refractivity contribution >= 4 is 18.3 Å². The molecule has 1 saturated carbocycles. The molecule has 0 radical (unpaired) electrons. The van der Waals surface area contributed by atoms with E-state index in [0.29, 0.717) is 30.9 Å². The Morgan fingerprint density at radius 2 is 1.89 bits per heavy atom. The van der Waals surface area contributed by atoms with Crippen LogP contribution in [0.2, 0.25) is 0 Å². The number of rotatable bonds is 6. The van der Waals surface area contributed by atoms with Gasteiger partial charge in [0.25, 0.3) is 5.91 Å². The van der Waals surface area contributed by atoms with Crippen molar-refractivity contribution in [2.45, 2.75) is 37.8 Å². The number of nitrogens with one attached hydrogen (secondary N) is 1. The predicted octanol–water partition coefficient (Wildman–Crippen LogP) is 3.18. The molecule has 146 valence electrons. The molecule has 1 aliphatic carbocycles. The van der Waals surface area contributed by atoms with Gasteiger partial charge in [0, 0.05) is 0 Å². The third-order valence-electron chi connectivity index (χ3n) is 4.57. The lowest BCUT2D eigenvalue weighted by atomic mass is 10.1. The Morgan fingerprint density at radius 3 is 2.52 bits per heavy atom. The third-order valence-corrected chi connectivity index (χ3v) is 4.57. The highest BCUT2D eigenvalue weighted by Gasteiger charge is 2.27. The van der Waals surface area contributed by atoms with Crippen LogP contribution in [0.15, 0.2) is 42.5 Å². The highest BCUT2D eigenvalue weighted by atomic mass is 35.5. The number of ether oxygens (including phenoxy) is 1. The second-order valence-corrected chi connectivity index (χ2v) is 6.50. The van der Waals surface area contributed by atoms with Crippen molar-refractivity contribution in [1.82, 2.24) is 5.32 Å². The lowest BCUT2D eigenvalue weighted by Crippen LogP contribution is -2.40. The van der Waals surface area contributed by atoms with Crippen molar-refractivity contribution < 1.29 is 19.0 Å². The Bertz CT molecular complexity index is 770. The molecule has 2 aromatic carbocycles. The van der Waals surface area contributed by atoms with Gasteiger partial charge >= 0.3 is 0 Å². The van der Waals surface area contributed by atoms with Crippen molar-refractivity contribution in [2.24, 2.45) is 5.73 Å². The number of carbonyl (C=O) groups is 1. The summed E-state index contributed by atoms with van der Waals surface area (Å²) in [5, 5.41) is 12.5. The van der Waals surface area contributed by atoms with Crippen molar-refractivity contribution in [3.63, 3.8) is 0 Å². The first-order valence-corrected chi connectivity index (χ1v) is 8.82. The van der Waals surface area contributed by atoms with Gasteiger partial charge < -0.3 is 20.9 Å². The summed E-state index contributed by atoms with van der Waals surface area (Å²) >= 11 is 0. The molecule has 2 atom stereocenters. The molecule has 1 fully saturated rings. The van der Waals surface area contributed by atoms with E-state index in [2.05, 4.69) is 5.32 Å². The van der Waals surface area contributed by atoms with Gasteiger partial charge in [-0.15, -0.1) is 12.4 Å². The second-order valence-electron chi connectivity index (χ2n) is 6.50. The lowest BCUT2D eigenvalue weighted by molar-refractivity contribution is 0.0869. The fraction of sp³-hybridized carbons (Fsp3) is 0.350. The van der Waals surface area contributed by atoms with Crippen LogP contribution in [0.5, 0.6) is 11.5 Å². The molecule has 0 aliphatic heterocycles. The summed E-state index contributed by atoms with van der Waals surface area (Å²) in [5.41, 5.74) is 6.54. The summed E-state index contributed by atoms with van der Waals surface area (Å²) in [5.74, 6) is -0.206. The minimum atomic E-state index is -0.624. The molecule has 1 aliphatic rings. The molecular weight excluding hydrogens is 371 g/mol. The SMILES string of the molecule is Cl.NCCc1ccc(Oc2ccc(F)c(C(=O)N[C@H]3CCC[C@@H]3O)c2)cc1. The molecule has 0 spiro atoms. The third kappa shape index (κ3) is 5.42. The van der Waals surface area contributed by atoms with E-state index in [0.717, 1.165) is 18.4 Å². The fourth-order valence-electron chi connectivity index (χ4n) is 3.12.